The van der Waals surface area contributed by atoms with Gasteiger partial charge in [0.2, 0.25) is 5.96 Å². The molecule has 1 aromatic rings. The molecule has 2 N–H and O–H groups in total. The summed E-state index contributed by atoms with van der Waals surface area (Å²) in [5.41, 5.74) is 0.222. The fourth-order valence-corrected chi connectivity index (χ4v) is 3.13. The number of morpholine rings is 1. The van der Waals surface area contributed by atoms with Gasteiger partial charge >= 0.3 is 0 Å². The maximum absolute atomic E-state index is 10.9. The number of nitrogens with one attached hydrogen (secondary N) is 1. The molecule has 26 heavy (non-hydrogen) atoms. The van der Waals surface area contributed by atoms with Gasteiger partial charge in [-0.05, 0) is 32.0 Å². The molecule has 2 atom stereocenters. The molecule has 0 aromatic heterocycles. The lowest BCUT2D eigenvalue weighted by atomic mass is 9.86. The van der Waals surface area contributed by atoms with E-state index in [9.17, 15) is 10.4 Å². The average molecular weight is 355 g/mol. The first-order chi connectivity index (χ1) is 12.5. The Labute approximate surface area is 152 Å². The van der Waals surface area contributed by atoms with Crippen LogP contribution in [0.3, 0.4) is 0 Å². The first-order valence-electron chi connectivity index (χ1n) is 8.43. The van der Waals surface area contributed by atoms with Crippen LogP contribution in [0.2, 0.25) is 0 Å². The number of benzene rings is 1. The van der Waals surface area contributed by atoms with E-state index in [-0.39, 0.29) is 0 Å². The summed E-state index contributed by atoms with van der Waals surface area (Å²) < 4.78 is 11.2. The minimum absolute atomic E-state index is 0.380. The van der Waals surface area contributed by atoms with Crippen LogP contribution in [0.4, 0.5) is 0 Å². The molecule has 3 rings (SSSR count). The van der Waals surface area contributed by atoms with Crippen molar-refractivity contribution in [2.75, 3.05) is 26.3 Å². The van der Waals surface area contributed by atoms with Crippen LogP contribution < -0.4 is 10.1 Å². The number of rotatable bonds is 1. The van der Waals surface area contributed by atoms with Crippen LogP contribution in [0, 0.1) is 22.8 Å². The van der Waals surface area contributed by atoms with E-state index in [0.717, 1.165) is 0 Å². The molecule has 8 nitrogen and oxygen atoms in total. The molecule has 0 unspecified atom stereocenters. The van der Waals surface area contributed by atoms with Crippen molar-refractivity contribution in [2.45, 2.75) is 31.6 Å². The molecule has 0 saturated carbocycles. The van der Waals surface area contributed by atoms with E-state index in [4.69, 9.17) is 14.7 Å². The second kappa shape index (κ2) is 7.20. The van der Waals surface area contributed by atoms with Crippen molar-refractivity contribution in [1.82, 2.24) is 10.2 Å². The summed E-state index contributed by atoms with van der Waals surface area (Å²) in [7, 11) is 0. The summed E-state index contributed by atoms with van der Waals surface area (Å²) >= 11 is 0. The second-order valence-corrected chi connectivity index (χ2v) is 6.75. The van der Waals surface area contributed by atoms with Gasteiger partial charge in [-0.2, -0.15) is 10.5 Å². The smallest absolute Gasteiger partial charge is 0.208 e. The quantitative estimate of drug-likeness (QED) is 0.333. The van der Waals surface area contributed by atoms with Gasteiger partial charge in [-0.3, -0.25) is 5.32 Å². The molecular weight excluding hydrogens is 334 g/mol. The number of nitrogens with zero attached hydrogens (tertiary/aromatic N) is 4. The van der Waals surface area contributed by atoms with E-state index in [0.29, 0.717) is 49.1 Å². The lowest BCUT2D eigenvalue weighted by Crippen LogP contribution is -2.50. The molecule has 0 amide bonds. The molecule has 1 saturated heterocycles. The van der Waals surface area contributed by atoms with Gasteiger partial charge in [0.25, 0.3) is 0 Å². The topological polar surface area (TPSA) is 114 Å². The van der Waals surface area contributed by atoms with Gasteiger partial charge in [-0.15, -0.1) is 0 Å². The monoisotopic (exact) mass is 355 g/mol. The lowest BCUT2D eigenvalue weighted by molar-refractivity contribution is -0.0570. The highest BCUT2D eigenvalue weighted by molar-refractivity contribution is 5.82. The van der Waals surface area contributed by atoms with Crippen LogP contribution in [0.5, 0.6) is 5.75 Å². The van der Waals surface area contributed by atoms with E-state index >= 15 is 0 Å². The number of nitriles is 2. The zero-order valence-corrected chi connectivity index (χ0v) is 14.8. The fourth-order valence-electron chi connectivity index (χ4n) is 3.13. The van der Waals surface area contributed by atoms with Crippen LogP contribution >= 0.6 is 0 Å². The Morgan fingerprint density at radius 3 is 2.73 bits per heavy atom. The Bertz CT molecular complexity index is 787. The Hall–Kier alpha value is -2.81. The maximum atomic E-state index is 10.9. The van der Waals surface area contributed by atoms with Crippen molar-refractivity contribution in [3.8, 4) is 18.0 Å². The highest BCUT2D eigenvalue weighted by Gasteiger charge is 2.43. The van der Waals surface area contributed by atoms with Crippen molar-refractivity contribution >= 4 is 5.96 Å². The Balaban J connectivity index is 2.05. The third-order valence-corrected chi connectivity index (χ3v) is 4.58. The predicted molar refractivity (Wildman–Crippen MR) is 93.2 cm³/mol. The van der Waals surface area contributed by atoms with E-state index < -0.39 is 17.7 Å². The molecule has 0 spiro atoms. The Kier molecular flexibility index (Phi) is 4.99. The van der Waals surface area contributed by atoms with Crippen molar-refractivity contribution in [3.05, 3.63) is 29.3 Å². The third kappa shape index (κ3) is 3.43. The number of fused-ring (bicyclic) bond motifs is 1. The third-order valence-electron chi connectivity index (χ3n) is 4.58. The Morgan fingerprint density at radius 1 is 1.35 bits per heavy atom. The summed E-state index contributed by atoms with van der Waals surface area (Å²) in [5.74, 6) is 0.956. The highest BCUT2D eigenvalue weighted by atomic mass is 16.5. The molecule has 2 aliphatic rings. The molecule has 1 fully saturated rings. The first kappa shape index (κ1) is 18.0. The van der Waals surface area contributed by atoms with E-state index in [2.05, 4.69) is 16.4 Å². The minimum Gasteiger partial charge on any atom is -0.485 e. The van der Waals surface area contributed by atoms with Crippen LogP contribution in [-0.2, 0) is 4.74 Å². The Morgan fingerprint density at radius 2 is 2.08 bits per heavy atom. The normalized spacial score (nSPS) is 24.7. The van der Waals surface area contributed by atoms with Crippen LogP contribution in [0.15, 0.2) is 23.2 Å². The lowest BCUT2D eigenvalue weighted by Gasteiger charge is -2.41. The maximum Gasteiger partial charge on any atom is 0.208 e. The van der Waals surface area contributed by atoms with Crippen molar-refractivity contribution < 1.29 is 14.6 Å². The first-order valence-corrected chi connectivity index (χ1v) is 8.43. The van der Waals surface area contributed by atoms with E-state index in [1.165, 1.54) is 0 Å². The summed E-state index contributed by atoms with van der Waals surface area (Å²) in [6, 6.07) is 6.49. The van der Waals surface area contributed by atoms with Gasteiger partial charge in [-0.1, -0.05) is 0 Å². The van der Waals surface area contributed by atoms with E-state index in [1.807, 2.05) is 11.1 Å². The molecule has 136 valence electrons. The summed E-state index contributed by atoms with van der Waals surface area (Å²) in [5, 5.41) is 31.8. The molecule has 0 bridgehead atoms. The van der Waals surface area contributed by atoms with E-state index in [1.54, 1.807) is 32.0 Å². The largest absolute Gasteiger partial charge is 0.485 e. The molecule has 0 aliphatic carbocycles. The summed E-state index contributed by atoms with van der Waals surface area (Å²) in [6.07, 6.45) is 0.964. The number of guanidine groups is 1. The minimum atomic E-state index is -0.944. The molecule has 8 heteroatoms. The summed E-state index contributed by atoms with van der Waals surface area (Å²) in [6.45, 7) is 5.86. The van der Waals surface area contributed by atoms with Gasteiger partial charge in [-0.25, -0.2) is 4.99 Å². The van der Waals surface area contributed by atoms with Gasteiger partial charge in [0.05, 0.1) is 24.8 Å². The number of hydrogen-bond donors (Lipinski definition) is 2. The van der Waals surface area contributed by atoms with Crippen molar-refractivity contribution in [3.63, 3.8) is 0 Å². The van der Waals surface area contributed by atoms with Crippen LogP contribution in [0.25, 0.3) is 0 Å². The van der Waals surface area contributed by atoms with Crippen molar-refractivity contribution in [1.29, 1.82) is 10.5 Å². The highest BCUT2D eigenvalue weighted by Crippen LogP contribution is 2.42. The number of aliphatic hydroxyl groups is 1. The van der Waals surface area contributed by atoms with Gasteiger partial charge in [0.1, 0.15) is 23.5 Å². The average Bonchev–Trinajstić information content (AvgIpc) is 2.65. The zero-order valence-electron chi connectivity index (χ0n) is 14.8. The SMILES string of the molecule is CC1(C)Oc2ccc(C#N)cc2[C@H](N=C(NC#N)N2CCOCC2)[C@H]1O. The summed E-state index contributed by atoms with van der Waals surface area (Å²) in [4.78, 5) is 6.57. The molecule has 0 radical (unpaired) electrons. The number of aliphatic hydroxyl groups excluding tert-OH is 1. The standard InChI is InChI=1S/C18H21N5O3/c1-18(2)16(24)15(13-9-12(10-19)3-4-14(13)26-18)22-17(21-11-20)23-5-7-25-8-6-23/h3-4,9,15-16,24H,5-8H2,1-2H3,(H,21,22)/t15-,16+/m0/s1. The fraction of sp³-hybridized carbons (Fsp3) is 0.500. The van der Waals surface area contributed by atoms with Gasteiger partial charge < -0.3 is 19.5 Å². The van der Waals surface area contributed by atoms with Crippen molar-refractivity contribution in [2.24, 2.45) is 4.99 Å². The van der Waals surface area contributed by atoms with Crippen LogP contribution in [0.1, 0.15) is 31.0 Å². The molecule has 2 heterocycles. The number of hydrogen-bond acceptors (Lipinski definition) is 6. The predicted octanol–water partition coefficient (Wildman–Crippen LogP) is 0.890. The molecule has 2 aliphatic heterocycles. The van der Waals surface area contributed by atoms with Crippen LogP contribution in [-0.4, -0.2) is 54.0 Å². The number of aliphatic imine (C=N–C) groups is 1. The zero-order chi connectivity index (χ0) is 18.7. The number of ether oxygens (including phenoxy) is 2. The van der Waals surface area contributed by atoms with Gasteiger partial charge in [0.15, 0.2) is 6.19 Å². The second-order valence-electron chi connectivity index (χ2n) is 6.75. The van der Waals surface area contributed by atoms with Gasteiger partial charge in [0, 0.05) is 18.7 Å². The molecular formula is C18H21N5O3. The molecule has 1 aromatic carbocycles.